The number of carbonyl (C=O) groups excluding carboxylic acids is 1. The van der Waals surface area contributed by atoms with E-state index in [0.29, 0.717) is 0 Å². The minimum Gasteiger partial charge on any atom is -0.371 e. The highest BCUT2D eigenvalue weighted by molar-refractivity contribution is 5.62. The van der Waals surface area contributed by atoms with Crippen LogP contribution in [0.3, 0.4) is 0 Å². The molecule has 0 spiro atoms. The molecule has 3 rings (SSSR count). The van der Waals surface area contributed by atoms with Crippen LogP contribution in [0.5, 0.6) is 0 Å². The number of rotatable bonds is 4. The van der Waals surface area contributed by atoms with Crippen LogP contribution in [0, 0.1) is 12.8 Å². The predicted molar refractivity (Wildman–Crippen MR) is 93.9 cm³/mol. The topological polar surface area (TPSA) is 23.6 Å². The Balaban J connectivity index is 1.60. The Bertz CT molecular complexity index is 637. The summed E-state index contributed by atoms with van der Waals surface area (Å²) in [5.41, 5.74) is 3.82. The van der Waals surface area contributed by atoms with Crippen molar-refractivity contribution in [3.63, 3.8) is 0 Å². The molecule has 1 unspecified atom stereocenters. The molecular weight excluding hydrogens is 284 g/mol. The molecule has 1 aromatic carbocycles. The number of piperazine rings is 1. The molecule has 3 heteroatoms. The Morgan fingerprint density at radius 3 is 2.70 bits per heavy atom. The van der Waals surface area contributed by atoms with Gasteiger partial charge in [0.15, 0.2) is 0 Å². The summed E-state index contributed by atoms with van der Waals surface area (Å²) < 4.78 is 0. The van der Waals surface area contributed by atoms with Gasteiger partial charge in [-0.2, -0.15) is 0 Å². The number of aryl methyl sites for hydroxylation is 1. The Morgan fingerprint density at radius 1 is 1.13 bits per heavy atom. The van der Waals surface area contributed by atoms with E-state index in [1.54, 1.807) is 0 Å². The first-order chi connectivity index (χ1) is 11.3. The molecule has 1 aromatic rings. The lowest BCUT2D eigenvalue weighted by molar-refractivity contribution is -0.109. The Kier molecular flexibility index (Phi) is 5.09. The standard InChI is InChI=1S/C20H24N2O/c1-17-6-5-7-18(14-17)15-21-10-12-22(13-11-21)20-9-4-2-3-8-19(20)16-23/h2-9,14,16,19H,10-13,15H2,1H3. The first kappa shape index (κ1) is 15.8. The number of aldehydes is 1. The fourth-order valence-corrected chi connectivity index (χ4v) is 3.28. The van der Waals surface area contributed by atoms with Gasteiger partial charge in [-0.3, -0.25) is 4.90 Å². The molecule has 1 heterocycles. The number of benzene rings is 1. The normalized spacial score (nSPS) is 21.9. The van der Waals surface area contributed by atoms with Crippen molar-refractivity contribution in [2.24, 2.45) is 5.92 Å². The molecule has 120 valence electrons. The maximum Gasteiger partial charge on any atom is 0.132 e. The van der Waals surface area contributed by atoms with E-state index in [1.807, 2.05) is 24.3 Å². The molecule has 1 atom stereocenters. The molecule has 1 saturated heterocycles. The first-order valence-corrected chi connectivity index (χ1v) is 8.29. The molecule has 1 fully saturated rings. The van der Waals surface area contributed by atoms with Crippen molar-refractivity contribution in [2.75, 3.05) is 26.2 Å². The van der Waals surface area contributed by atoms with Crippen molar-refractivity contribution in [1.29, 1.82) is 0 Å². The van der Waals surface area contributed by atoms with E-state index in [0.717, 1.165) is 44.7 Å². The van der Waals surface area contributed by atoms with E-state index in [1.165, 1.54) is 11.1 Å². The lowest BCUT2D eigenvalue weighted by atomic mass is 10.0. The monoisotopic (exact) mass is 308 g/mol. The molecule has 0 radical (unpaired) electrons. The van der Waals surface area contributed by atoms with E-state index < -0.39 is 0 Å². The second-order valence-corrected chi connectivity index (χ2v) is 6.28. The van der Waals surface area contributed by atoms with Crippen LogP contribution in [0.25, 0.3) is 0 Å². The molecule has 1 aliphatic heterocycles. The average molecular weight is 308 g/mol. The highest BCUT2D eigenvalue weighted by Crippen LogP contribution is 2.21. The second kappa shape index (κ2) is 7.42. The van der Waals surface area contributed by atoms with Crippen LogP contribution >= 0.6 is 0 Å². The van der Waals surface area contributed by atoms with Gasteiger partial charge in [-0.25, -0.2) is 0 Å². The summed E-state index contributed by atoms with van der Waals surface area (Å²) in [6.45, 7) is 7.16. The number of nitrogens with zero attached hydrogens (tertiary/aromatic N) is 2. The summed E-state index contributed by atoms with van der Waals surface area (Å²) in [6, 6.07) is 8.73. The van der Waals surface area contributed by atoms with Gasteiger partial charge in [0.25, 0.3) is 0 Å². The van der Waals surface area contributed by atoms with Gasteiger partial charge in [0.1, 0.15) is 6.29 Å². The van der Waals surface area contributed by atoms with Crippen LogP contribution < -0.4 is 0 Å². The third kappa shape index (κ3) is 3.99. The number of hydrogen-bond acceptors (Lipinski definition) is 3. The molecule has 2 aliphatic rings. The van der Waals surface area contributed by atoms with E-state index in [-0.39, 0.29) is 5.92 Å². The predicted octanol–water partition coefficient (Wildman–Crippen LogP) is 2.94. The van der Waals surface area contributed by atoms with Crippen molar-refractivity contribution in [1.82, 2.24) is 9.80 Å². The zero-order valence-corrected chi connectivity index (χ0v) is 13.7. The van der Waals surface area contributed by atoms with Gasteiger partial charge in [-0.1, -0.05) is 54.1 Å². The molecule has 0 saturated carbocycles. The van der Waals surface area contributed by atoms with Crippen molar-refractivity contribution < 1.29 is 4.79 Å². The maximum absolute atomic E-state index is 11.3. The van der Waals surface area contributed by atoms with Gasteiger partial charge in [0, 0.05) is 38.4 Å². The van der Waals surface area contributed by atoms with E-state index >= 15 is 0 Å². The molecular formula is C20H24N2O. The molecule has 0 bridgehead atoms. The maximum atomic E-state index is 11.3. The van der Waals surface area contributed by atoms with Gasteiger partial charge in [0.2, 0.25) is 0 Å². The van der Waals surface area contributed by atoms with E-state index in [2.05, 4.69) is 47.1 Å². The number of hydrogen-bond donors (Lipinski definition) is 0. The van der Waals surface area contributed by atoms with Crippen molar-refractivity contribution >= 4 is 6.29 Å². The fraction of sp³-hybridized carbons (Fsp3) is 0.350. The van der Waals surface area contributed by atoms with Crippen molar-refractivity contribution in [3.05, 3.63) is 71.5 Å². The molecule has 0 amide bonds. The number of allylic oxidation sites excluding steroid dienone is 5. The second-order valence-electron chi connectivity index (χ2n) is 6.28. The minimum absolute atomic E-state index is 0.117. The van der Waals surface area contributed by atoms with E-state index in [4.69, 9.17) is 0 Å². The average Bonchev–Trinajstić information content (AvgIpc) is 2.81. The summed E-state index contributed by atoms with van der Waals surface area (Å²) >= 11 is 0. The zero-order valence-electron chi connectivity index (χ0n) is 13.7. The lowest BCUT2D eigenvalue weighted by Gasteiger charge is -2.38. The summed E-state index contributed by atoms with van der Waals surface area (Å²) in [5, 5.41) is 0. The zero-order chi connectivity index (χ0) is 16.1. The van der Waals surface area contributed by atoms with E-state index in [9.17, 15) is 4.79 Å². The summed E-state index contributed by atoms with van der Waals surface area (Å²) in [7, 11) is 0. The lowest BCUT2D eigenvalue weighted by Crippen LogP contribution is -2.46. The van der Waals surface area contributed by atoms with Crippen LogP contribution in [-0.2, 0) is 11.3 Å². The third-order valence-electron chi connectivity index (χ3n) is 4.52. The van der Waals surface area contributed by atoms with Crippen LogP contribution in [0.1, 0.15) is 11.1 Å². The summed E-state index contributed by atoms with van der Waals surface area (Å²) in [6.07, 6.45) is 11.0. The molecule has 3 nitrogen and oxygen atoms in total. The van der Waals surface area contributed by atoms with Gasteiger partial charge < -0.3 is 9.69 Å². The van der Waals surface area contributed by atoms with Crippen LogP contribution in [0.15, 0.2) is 60.3 Å². The third-order valence-corrected chi connectivity index (χ3v) is 4.52. The van der Waals surface area contributed by atoms with Crippen molar-refractivity contribution in [2.45, 2.75) is 13.5 Å². The van der Waals surface area contributed by atoms with Gasteiger partial charge >= 0.3 is 0 Å². The van der Waals surface area contributed by atoms with Crippen LogP contribution in [0.4, 0.5) is 0 Å². The molecule has 0 aromatic heterocycles. The van der Waals surface area contributed by atoms with Crippen LogP contribution in [0.2, 0.25) is 0 Å². The Hall–Kier alpha value is -2.13. The highest BCUT2D eigenvalue weighted by Gasteiger charge is 2.22. The molecule has 23 heavy (non-hydrogen) atoms. The van der Waals surface area contributed by atoms with Gasteiger partial charge in [-0.15, -0.1) is 0 Å². The minimum atomic E-state index is -0.117. The summed E-state index contributed by atoms with van der Waals surface area (Å²) in [5.74, 6) is -0.117. The summed E-state index contributed by atoms with van der Waals surface area (Å²) in [4.78, 5) is 16.2. The van der Waals surface area contributed by atoms with Gasteiger partial charge in [0.05, 0.1) is 5.92 Å². The largest absolute Gasteiger partial charge is 0.371 e. The van der Waals surface area contributed by atoms with Crippen molar-refractivity contribution in [3.8, 4) is 0 Å². The SMILES string of the molecule is Cc1cccc(CN2CCN(C3=CC=CC=CC3C=O)CC2)c1. The van der Waals surface area contributed by atoms with Gasteiger partial charge in [-0.05, 0) is 18.6 Å². The Labute approximate surface area is 138 Å². The smallest absolute Gasteiger partial charge is 0.132 e. The molecule has 0 N–H and O–H groups in total. The highest BCUT2D eigenvalue weighted by atomic mass is 16.1. The Morgan fingerprint density at radius 2 is 1.96 bits per heavy atom. The van der Waals surface area contributed by atoms with Crippen LogP contribution in [-0.4, -0.2) is 42.3 Å². The first-order valence-electron chi connectivity index (χ1n) is 8.29. The molecule has 1 aliphatic carbocycles. The quantitative estimate of drug-likeness (QED) is 0.799. The number of carbonyl (C=O) groups is 1. The fourth-order valence-electron chi connectivity index (χ4n) is 3.28.